The van der Waals surface area contributed by atoms with Gasteiger partial charge in [0, 0.05) is 31.6 Å². The minimum atomic E-state index is -0.0918. The number of rotatable bonds is 3. The van der Waals surface area contributed by atoms with Crippen LogP contribution in [0.15, 0.2) is 44.9 Å². The largest absolute Gasteiger partial charge is 0.382 e. The lowest BCUT2D eigenvalue weighted by atomic mass is 9.78. The first-order valence-corrected chi connectivity index (χ1v) is 9.82. The minimum Gasteiger partial charge on any atom is -0.382 e. The fourth-order valence-electron chi connectivity index (χ4n) is 3.80. The van der Waals surface area contributed by atoms with E-state index in [0.717, 1.165) is 50.5 Å². The van der Waals surface area contributed by atoms with Gasteiger partial charge in [0.15, 0.2) is 0 Å². The van der Waals surface area contributed by atoms with Gasteiger partial charge in [-0.1, -0.05) is 30.0 Å². The Balaban J connectivity index is 1.58. The average molecular weight is 372 g/mol. The van der Waals surface area contributed by atoms with Gasteiger partial charge in [-0.15, -0.1) is 0 Å². The molecule has 0 amide bonds. The molecule has 3 heterocycles. The Kier molecular flexibility index (Phi) is 4.67. The molecule has 0 bridgehead atoms. The summed E-state index contributed by atoms with van der Waals surface area (Å²) in [5.74, 6) is 0.972. The van der Waals surface area contributed by atoms with E-state index in [4.69, 9.17) is 10.5 Å². The van der Waals surface area contributed by atoms with Crippen molar-refractivity contribution in [2.24, 2.45) is 12.5 Å². The van der Waals surface area contributed by atoms with Gasteiger partial charge in [0.05, 0.1) is 6.61 Å². The highest BCUT2D eigenvalue weighted by Crippen LogP contribution is 2.40. The summed E-state index contributed by atoms with van der Waals surface area (Å²) >= 11 is 1.37. The van der Waals surface area contributed by atoms with Crippen LogP contribution < -0.4 is 16.2 Å². The minimum absolute atomic E-state index is 0.0918. The predicted molar refractivity (Wildman–Crippen MR) is 104 cm³/mol. The maximum Gasteiger partial charge on any atom is 0.270 e. The van der Waals surface area contributed by atoms with E-state index >= 15 is 0 Å². The van der Waals surface area contributed by atoms with Crippen molar-refractivity contribution in [3.63, 3.8) is 0 Å². The zero-order valence-electron chi connectivity index (χ0n) is 15.0. The van der Waals surface area contributed by atoms with E-state index in [1.165, 1.54) is 11.8 Å². The third kappa shape index (κ3) is 3.21. The SMILES string of the molecule is Cn1c(N2CCC3(CCOC3)CC2)nc(N)c(Sc2ccccc2)c1=O. The summed E-state index contributed by atoms with van der Waals surface area (Å²) in [5, 5.41) is 0. The monoisotopic (exact) mass is 372 g/mol. The Bertz CT molecular complexity index is 837. The van der Waals surface area contributed by atoms with Crippen LogP contribution in [0.1, 0.15) is 19.3 Å². The molecule has 2 saturated heterocycles. The lowest BCUT2D eigenvalue weighted by Gasteiger charge is -2.39. The second-order valence-electron chi connectivity index (χ2n) is 7.20. The maximum absolute atomic E-state index is 12.9. The number of piperidine rings is 1. The Morgan fingerprint density at radius 3 is 2.58 bits per heavy atom. The van der Waals surface area contributed by atoms with Crippen LogP contribution in [0.4, 0.5) is 11.8 Å². The van der Waals surface area contributed by atoms with Gasteiger partial charge in [0.2, 0.25) is 5.95 Å². The molecule has 2 fully saturated rings. The fourth-order valence-corrected chi connectivity index (χ4v) is 4.70. The van der Waals surface area contributed by atoms with Crippen molar-refractivity contribution in [3.8, 4) is 0 Å². The Morgan fingerprint density at radius 2 is 1.92 bits per heavy atom. The molecular weight excluding hydrogens is 348 g/mol. The Labute approximate surface area is 157 Å². The quantitative estimate of drug-likeness (QED) is 0.892. The normalized spacial score (nSPS) is 19.2. The third-order valence-corrected chi connectivity index (χ3v) is 6.60. The van der Waals surface area contributed by atoms with E-state index in [-0.39, 0.29) is 5.56 Å². The zero-order chi connectivity index (χ0) is 18.1. The molecule has 0 saturated carbocycles. The van der Waals surface area contributed by atoms with Crippen LogP contribution in [0.3, 0.4) is 0 Å². The number of hydrogen-bond donors (Lipinski definition) is 1. The van der Waals surface area contributed by atoms with Gasteiger partial charge in [0.25, 0.3) is 5.56 Å². The molecule has 1 aromatic heterocycles. The molecular formula is C19H24N4O2S. The summed E-state index contributed by atoms with van der Waals surface area (Å²) in [6.45, 7) is 3.50. The standard InChI is InChI=1S/C19H24N4O2S/c1-22-17(24)15(26-14-5-3-2-4-6-14)16(20)21-18(22)23-10-7-19(8-11-23)9-12-25-13-19/h2-6H,7-13,20H2,1H3. The van der Waals surface area contributed by atoms with Crippen LogP contribution in [0.25, 0.3) is 0 Å². The van der Waals surface area contributed by atoms with Gasteiger partial charge in [-0.2, -0.15) is 4.98 Å². The van der Waals surface area contributed by atoms with Crippen molar-refractivity contribution in [2.45, 2.75) is 29.1 Å². The number of hydrogen-bond acceptors (Lipinski definition) is 6. The molecule has 2 aromatic rings. The zero-order valence-corrected chi connectivity index (χ0v) is 15.8. The molecule has 1 spiro atoms. The van der Waals surface area contributed by atoms with E-state index in [9.17, 15) is 4.79 Å². The van der Waals surface area contributed by atoms with Crippen LogP contribution in [0, 0.1) is 5.41 Å². The van der Waals surface area contributed by atoms with Crippen LogP contribution >= 0.6 is 11.8 Å². The summed E-state index contributed by atoms with van der Waals surface area (Å²) in [4.78, 5) is 21.1. The van der Waals surface area contributed by atoms with Gasteiger partial charge in [0.1, 0.15) is 10.7 Å². The predicted octanol–water partition coefficient (Wildman–Crippen LogP) is 2.52. The van der Waals surface area contributed by atoms with Crippen LogP contribution in [0.5, 0.6) is 0 Å². The molecule has 2 aliphatic heterocycles. The summed E-state index contributed by atoms with van der Waals surface area (Å²) in [6.07, 6.45) is 3.29. The Morgan fingerprint density at radius 1 is 1.19 bits per heavy atom. The molecule has 138 valence electrons. The highest BCUT2D eigenvalue weighted by Gasteiger charge is 2.38. The number of nitrogens with two attached hydrogens (primary N) is 1. The van der Waals surface area contributed by atoms with E-state index in [1.54, 1.807) is 11.6 Å². The first-order valence-electron chi connectivity index (χ1n) is 9.00. The number of nitrogen functional groups attached to an aromatic ring is 1. The molecule has 2 N–H and O–H groups in total. The van der Waals surface area contributed by atoms with E-state index in [1.807, 2.05) is 30.3 Å². The molecule has 4 rings (SSSR count). The lowest BCUT2D eigenvalue weighted by molar-refractivity contribution is 0.133. The van der Waals surface area contributed by atoms with Crippen LogP contribution in [-0.2, 0) is 11.8 Å². The summed E-state index contributed by atoms with van der Waals surface area (Å²) in [7, 11) is 1.78. The van der Waals surface area contributed by atoms with E-state index in [2.05, 4.69) is 9.88 Å². The van der Waals surface area contributed by atoms with Crippen molar-refractivity contribution in [1.29, 1.82) is 0 Å². The molecule has 0 aliphatic carbocycles. The van der Waals surface area contributed by atoms with Gasteiger partial charge >= 0.3 is 0 Å². The van der Waals surface area contributed by atoms with Crippen molar-refractivity contribution in [2.75, 3.05) is 36.9 Å². The first kappa shape index (κ1) is 17.4. The highest BCUT2D eigenvalue weighted by atomic mass is 32.2. The molecule has 6 nitrogen and oxygen atoms in total. The number of ether oxygens (including phenoxy) is 1. The molecule has 7 heteroatoms. The number of benzene rings is 1. The molecule has 26 heavy (non-hydrogen) atoms. The van der Waals surface area contributed by atoms with Crippen molar-refractivity contribution >= 4 is 23.5 Å². The second kappa shape index (κ2) is 6.96. The summed E-state index contributed by atoms with van der Waals surface area (Å²) < 4.78 is 7.23. The number of aromatic nitrogens is 2. The fraction of sp³-hybridized carbons (Fsp3) is 0.474. The second-order valence-corrected chi connectivity index (χ2v) is 8.28. The smallest absolute Gasteiger partial charge is 0.270 e. The summed E-state index contributed by atoms with van der Waals surface area (Å²) in [5.41, 5.74) is 6.40. The molecule has 1 aromatic carbocycles. The van der Waals surface area contributed by atoms with Crippen LogP contribution in [-0.4, -0.2) is 35.9 Å². The molecule has 2 aliphatic rings. The number of nitrogens with zero attached hydrogens (tertiary/aromatic N) is 3. The third-order valence-electron chi connectivity index (χ3n) is 5.51. The summed E-state index contributed by atoms with van der Waals surface area (Å²) in [6, 6.07) is 9.77. The first-order chi connectivity index (χ1) is 12.6. The van der Waals surface area contributed by atoms with Gasteiger partial charge in [-0.05, 0) is 36.8 Å². The van der Waals surface area contributed by atoms with Gasteiger partial charge in [-0.3, -0.25) is 9.36 Å². The average Bonchev–Trinajstić information content (AvgIpc) is 3.11. The van der Waals surface area contributed by atoms with E-state index < -0.39 is 0 Å². The number of anilines is 2. The lowest BCUT2D eigenvalue weighted by Crippen LogP contribution is -2.43. The van der Waals surface area contributed by atoms with Crippen molar-refractivity contribution in [3.05, 3.63) is 40.7 Å². The van der Waals surface area contributed by atoms with Crippen molar-refractivity contribution < 1.29 is 4.74 Å². The van der Waals surface area contributed by atoms with Gasteiger partial charge in [-0.25, -0.2) is 0 Å². The van der Waals surface area contributed by atoms with Gasteiger partial charge < -0.3 is 15.4 Å². The molecule has 0 unspecified atom stereocenters. The molecule has 0 atom stereocenters. The topological polar surface area (TPSA) is 73.4 Å². The Hall–Kier alpha value is -1.99. The van der Waals surface area contributed by atoms with E-state index in [0.29, 0.717) is 22.1 Å². The van der Waals surface area contributed by atoms with Crippen LogP contribution in [0.2, 0.25) is 0 Å². The highest BCUT2D eigenvalue weighted by molar-refractivity contribution is 7.99. The van der Waals surface area contributed by atoms with Crippen molar-refractivity contribution in [1.82, 2.24) is 9.55 Å². The molecule has 0 radical (unpaired) electrons. The maximum atomic E-state index is 12.9.